The van der Waals surface area contributed by atoms with E-state index in [4.69, 9.17) is 4.74 Å². The molecule has 2 aromatic rings. The van der Waals surface area contributed by atoms with Crippen molar-refractivity contribution in [2.45, 2.75) is 24.6 Å². The third-order valence-electron chi connectivity index (χ3n) is 4.88. The summed E-state index contributed by atoms with van der Waals surface area (Å²) in [5.74, 6) is 0.0736. The van der Waals surface area contributed by atoms with Gasteiger partial charge in [-0.15, -0.1) is 0 Å². The minimum atomic E-state index is -4.57. The Morgan fingerprint density at radius 2 is 1.93 bits per heavy atom. The molecule has 146 valence electrons. The topological polar surface area (TPSA) is 63.2 Å². The fraction of sp³-hybridized carbons (Fsp3) is 0.500. The van der Waals surface area contributed by atoms with Crippen LogP contribution in [0.4, 0.5) is 19.0 Å². The van der Waals surface area contributed by atoms with Gasteiger partial charge in [-0.2, -0.15) is 13.2 Å². The number of nitrogens with zero attached hydrogens (tertiary/aromatic N) is 4. The van der Waals surface area contributed by atoms with E-state index in [-0.39, 0.29) is 17.2 Å². The summed E-state index contributed by atoms with van der Waals surface area (Å²) in [7, 11) is 3.93. The molecule has 1 aliphatic heterocycles. The number of alkyl halides is 3. The molecular weight excluding hydrogens is 359 g/mol. The van der Waals surface area contributed by atoms with E-state index in [1.54, 1.807) is 18.2 Å². The second kappa shape index (κ2) is 7.77. The first-order valence-electron chi connectivity index (χ1n) is 8.67. The minimum Gasteiger partial charge on any atom is -0.381 e. The van der Waals surface area contributed by atoms with Crippen LogP contribution < -0.4 is 5.32 Å². The number of pyridine rings is 1. The molecule has 1 aliphatic rings. The molecule has 1 fully saturated rings. The molecule has 0 bridgehead atoms. The Hall–Kier alpha value is -2.26. The highest BCUT2D eigenvalue weighted by Crippen LogP contribution is 2.31. The van der Waals surface area contributed by atoms with Crippen LogP contribution in [-0.4, -0.2) is 59.2 Å². The monoisotopic (exact) mass is 381 g/mol. The molecule has 9 heteroatoms. The van der Waals surface area contributed by atoms with Crippen LogP contribution in [-0.2, 0) is 10.9 Å². The van der Waals surface area contributed by atoms with E-state index in [1.807, 2.05) is 14.1 Å². The Morgan fingerprint density at radius 1 is 1.19 bits per heavy atom. The largest absolute Gasteiger partial charge is 0.433 e. The summed E-state index contributed by atoms with van der Waals surface area (Å²) < 4.78 is 45.3. The fourth-order valence-corrected chi connectivity index (χ4v) is 3.08. The zero-order chi connectivity index (χ0) is 19.5. The van der Waals surface area contributed by atoms with Gasteiger partial charge >= 0.3 is 6.18 Å². The van der Waals surface area contributed by atoms with Crippen LogP contribution in [0.5, 0.6) is 0 Å². The maximum atomic E-state index is 13.3. The van der Waals surface area contributed by atoms with E-state index in [0.29, 0.717) is 25.5 Å². The fourth-order valence-electron chi connectivity index (χ4n) is 3.08. The molecular formula is C18H22F3N5O. The zero-order valence-corrected chi connectivity index (χ0v) is 15.3. The van der Waals surface area contributed by atoms with Crippen LogP contribution in [0.25, 0.3) is 11.5 Å². The highest BCUT2D eigenvalue weighted by Gasteiger charge is 2.36. The van der Waals surface area contributed by atoms with Gasteiger partial charge in [0.2, 0.25) is 0 Å². The van der Waals surface area contributed by atoms with Gasteiger partial charge in [0.15, 0.2) is 11.5 Å². The van der Waals surface area contributed by atoms with Crippen LogP contribution in [0.15, 0.2) is 30.5 Å². The first kappa shape index (κ1) is 19.5. The lowest BCUT2D eigenvalue weighted by Gasteiger charge is -2.43. The number of likely N-dealkylation sites (N-methyl/N-ethyl adjacent to an activating group) is 1. The standard InChI is InChI=1S/C18H22F3N5O/c1-26(2)17(6-9-27-10-7-17)12-23-15-11-14(18(19,20)21)24-16(25-15)13-5-3-4-8-22-13/h3-5,8,11H,6-7,9-10,12H2,1-2H3,(H,23,24,25). The van der Waals surface area contributed by atoms with E-state index >= 15 is 0 Å². The minimum absolute atomic E-state index is 0.0567. The van der Waals surface area contributed by atoms with Crippen molar-refractivity contribution in [2.24, 2.45) is 0 Å². The normalized spacial score (nSPS) is 17.1. The third kappa shape index (κ3) is 4.54. The van der Waals surface area contributed by atoms with Crippen LogP contribution in [0.2, 0.25) is 0 Å². The predicted molar refractivity (Wildman–Crippen MR) is 95.2 cm³/mol. The Balaban J connectivity index is 1.90. The number of hydrogen-bond acceptors (Lipinski definition) is 6. The summed E-state index contributed by atoms with van der Waals surface area (Å²) in [6.07, 6.45) is -1.50. The van der Waals surface area contributed by atoms with Crippen molar-refractivity contribution >= 4 is 5.82 Å². The van der Waals surface area contributed by atoms with Gasteiger partial charge in [-0.25, -0.2) is 9.97 Å². The Morgan fingerprint density at radius 3 is 2.52 bits per heavy atom. The maximum Gasteiger partial charge on any atom is 0.433 e. The van der Waals surface area contributed by atoms with Crippen LogP contribution in [0, 0.1) is 0 Å². The van der Waals surface area contributed by atoms with Gasteiger partial charge in [0.1, 0.15) is 11.5 Å². The molecule has 0 amide bonds. The van der Waals surface area contributed by atoms with Gasteiger partial charge in [-0.1, -0.05) is 6.07 Å². The molecule has 27 heavy (non-hydrogen) atoms. The van der Waals surface area contributed by atoms with Crippen LogP contribution in [0.1, 0.15) is 18.5 Å². The van der Waals surface area contributed by atoms with Crippen molar-refractivity contribution < 1.29 is 17.9 Å². The molecule has 0 aromatic carbocycles. The number of rotatable bonds is 5. The molecule has 0 unspecified atom stereocenters. The van der Waals surface area contributed by atoms with Crippen molar-refractivity contribution in [3.05, 3.63) is 36.2 Å². The van der Waals surface area contributed by atoms with Gasteiger partial charge in [-0.05, 0) is 39.1 Å². The number of halogens is 3. The van der Waals surface area contributed by atoms with Crippen molar-refractivity contribution in [1.82, 2.24) is 19.9 Å². The smallest absolute Gasteiger partial charge is 0.381 e. The van der Waals surface area contributed by atoms with Crippen LogP contribution >= 0.6 is 0 Å². The number of nitrogens with one attached hydrogen (secondary N) is 1. The number of ether oxygens (including phenoxy) is 1. The number of aromatic nitrogens is 3. The Kier molecular flexibility index (Phi) is 5.61. The van der Waals surface area contributed by atoms with E-state index in [2.05, 4.69) is 25.2 Å². The summed E-state index contributed by atoms with van der Waals surface area (Å²) >= 11 is 0. The lowest BCUT2D eigenvalue weighted by molar-refractivity contribution is -0.141. The predicted octanol–water partition coefficient (Wildman–Crippen LogP) is 3.08. The van der Waals surface area contributed by atoms with Crippen molar-refractivity contribution in [3.8, 4) is 11.5 Å². The summed E-state index contributed by atoms with van der Waals surface area (Å²) in [4.78, 5) is 14.1. The Bertz CT molecular complexity index is 761. The second-order valence-corrected chi connectivity index (χ2v) is 6.76. The van der Waals surface area contributed by atoms with Crippen molar-refractivity contribution in [3.63, 3.8) is 0 Å². The molecule has 3 rings (SSSR count). The zero-order valence-electron chi connectivity index (χ0n) is 15.3. The summed E-state index contributed by atoms with van der Waals surface area (Å²) in [6.45, 7) is 1.70. The van der Waals surface area contributed by atoms with Gasteiger partial charge in [0.25, 0.3) is 0 Å². The summed E-state index contributed by atoms with van der Waals surface area (Å²) in [5.41, 5.74) is -0.904. The average molecular weight is 381 g/mol. The van der Waals surface area contributed by atoms with E-state index in [9.17, 15) is 13.2 Å². The van der Waals surface area contributed by atoms with Gasteiger partial charge in [-0.3, -0.25) is 4.98 Å². The van der Waals surface area contributed by atoms with Crippen molar-refractivity contribution in [2.75, 3.05) is 39.2 Å². The molecule has 2 aromatic heterocycles. The first-order chi connectivity index (χ1) is 12.8. The van der Waals surface area contributed by atoms with E-state index < -0.39 is 11.9 Å². The molecule has 3 heterocycles. The molecule has 1 N–H and O–H groups in total. The second-order valence-electron chi connectivity index (χ2n) is 6.76. The van der Waals surface area contributed by atoms with Gasteiger partial charge in [0, 0.05) is 37.6 Å². The first-order valence-corrected chi connectivity index (χ1v) is 8.67. The average Bonchev–Trinajstić information content (AvgIpc) is 2.67. The lowest BCUT2D eigenvalue weighted by Crippen LogP contribution is -2.53. The third-order valence-corrected chi connectivity index (χ3v) is 4.88. The van der Waals surface area contributed by atoms with E-state index in [1.165, 1.54) is 6.20 Å². The van der Waals surface area contributed by atoms with Crippen LogP contribution in [0.3, 0.4) is 0 Å². The highest BCUT2D eigenvalue weighted by molar-refractivity contribution is 5.53. The molecule has 0 radical (unpaired) electrons. The SMILES string of the molecule is CN(C)C1(CNc2cc(C(F)(F)F)nc(-c3ccccn3)n2)CCOCC1. The van der Waals surface area contributed by atoms with Gasteiger partial charge < -0.3 is 15.0 Å². The molecule has 0 aliphatic carbocycles. The lowest BCUT2D eigenvalue weighted by atomic mass is 9.88. The van der Waals surface area contributed by atoms with E-state index in [0.717, 1.165) is 18.9 Å². The number of anilines is 1. The summed E-state index contributed by atoms with van der Waals surface area (Å²) in [5, 5.41) is 3.08. The molecule has 1 saturated heterocycles. The Labute approximate surface area is 155 Å². The molecule has 6 nitrogen and oxygen atoms in total. The number of hydrogen-bond donors (Lipinski definition) is 1. The quantitative estimate of drug-likeness (QED) is 0.859. The maximum absolute atomic E-state index is 13.3. The summed E-state index contributed by atoms with van der Waals surface area (Å²) in [6, 6.07) is 5.89. The molecule has 0 atom stereocenters. The molecule has 0 saturated carbocycles. The highest BCUT2D eigenvalue weighted by atomic mass is 19.4. The molecule has 0 spiro atoms. The van der Waals surface area contributed by atoms with Gasteiger partial charge in [0.05, 0.1) is 0 Å². The van der Waals surface area contributed by atoms with Crippen molar-refractivity contribution in [1.29, 1.82) is 0 Å².